The molecule has 7 heterocycles. The molecule has 0 aliphatic carbocycles. The van der Waals surface area contributed by atoms with Crippen molar-refractivity contribution in [1.82, 2.24) is 29.5 Å². The summed E-state index contributed by atoms with van der Waals surface area (Å²) in [6.45, 7) is 17.9. The monoisotopic (exact) mass is 737 g/mol. The average Bonchev–Trinajstić information content (AvgIpc) is 3.83. The zero-order valence-electron chi connectivity index (χ0n) is 31.6. The molecule has 4 aliphatic heterocycles. The van der Waals surface area contributed by atoms with Crippen LogP contribution in [0.5, 0.6) is 0 Å². The van der Waals surface area contributed by atoms with Gasteiger partial charge in [0.05, 0.1) is 12.1 Å². The molecule has 0 spiro atoms. The molecule has 1 atom stereocenters. The van der Waals surface area contributed by atoms with E-state index in [4.69, 9.17) is 9.98 Å². The van der Waals surface area contributed by atoms with E-state index in [1.54, 1.807) is 11.3 Å². The van der Waals surface area contributed by atoms with Crippen molar-refractivity contribution in [2.24, 2.45) is 4.99 Å². The van der Waals surface area contributed by atoms with Crippen molar-refractivity contribution in [2.75, 3.05) is 49.5 Å². The normalized spacial score (nSPS) is 18.9. The maximum absolute atomic E-state index is 14.0. The maximum Gasteiger partial charge on any atom is 0.225 e. The standard InChI is InChI=1S/C43H47N9OS/c1-26-6-8-31(9-7-26)41-40-28(3)29(4)54-43(40)52-30(5)47-48-42(52)37(46-41)24-39(53)51-16-14-35(15-17-51)49-18-20-50(21-19-49)38-13-11-33(25-44-38)32-10-12-36-34(23-32)22-27(2)45-36/h6-13,23,25,35,37,45H,2,14-22,24H2,1,3-5H3. The van der Waals surface area contributed by atoms with Crippen LogP contribution in [0.4, 0.5) is 11.5 Å². The van der Waals surface area contributed by atoms with Gasteiger partial charge in [0.1, 0.15) is 22.7 Å². The first kappa shape index (κ1) is 34.6. The molecule has 0 bridgehead atoms. The van der Waals surface area contributed by atoms with Gasteiger partial charge < -0.3 is 15.1 Å². The lowest BCUT2D eigenvalue weighted by atomic mass is 9.98. The molecule has 54 heavy (non-hydrogen) atoms. The van der Waals surface area contributed by atoms with Crippen molar-refractivity contribution in [1.29, 1.82) is 0 Å². The number of aliphatic imine (C=N–C) groups is 1. The molecule has 2 fully saturated rings. The molecule has 0 radical (unpaired) electrons. The van der Waals surface area contributed by atoms with Gasteiger partial charge in [-0.1, -0.05) is 42.5 Å². The molecule has 1 amide bonds. The molecule has 0 saturated carbocycles. The molecule has 1 N–H and O–H groups in total. The molecule has 1 unspecified atom stereocenters. The number of fused-ring (bicyclic) bond motifs is 4. The summed E-state index contributed by atoms with van der Waals surface area (Å²) in [7, 11) is 0. The van der Waals surface area contributed by atoms with E-state index < -0.39 is 6.04 Å². The van der Waals surface area contributed by atoms with Gasteiger partial charge in [-0.3, -0.25) is 19.3 Å². The van der Waals surface area contributed by atoms with Crippen LogP contribution >= 0.6 is 11.3 Å². The fraction of sp³-hybridized carbons (Fsp3) is 0.372. The van der Waals surface area contributed by atoms with Crippen molar-refractivity contribution in [3.63, 3.8) is 0 Å². The van der Waals surface area contributed by atoms with Gasteiger partial charge in [-0.25, -0.2) is 4.98 Å². The summed E-state index contributed by atoms with van der Waals surface area (Å²) in [6.07, 6.45) is 5.12. The van der Waals surface area contributed by atoms with Crippen LogP contribution in [0.15, 0.2) is 78.1 Å². The Bertz CT molecular complexity index is 2270. The van der Waals surface area contributed by atoms with Crippen LogP contribution in [0.2, 0.25) is 0 Å². The first-order valence-corrected chi connectivity index (χ1v) is 20.0. The van der Waals surface area contributed by atoms with Gasteiger partial charge in [0, 0.05) is 90.9 Å². The fourth-order valence-electron chi connectivity index (χ4n) is 8.58. The summed E-state index contributed by atoms with van der Waals surface area (Å²) in [6, 6.07) is 19.5. The zero-order chi connectivity index (χ0) is 37.1. The second kappa shape index (κ2) is 13.9. The molecule has 9 rings (SSSR count). The van der Waals surface area contributed by atoms with Gasteiger partial charge in [0.25, 0.3) is 0 Å². The quantitative estimate of drug-likeness (QED) is 0.197. The number of hydrogen-bond acceptors (Lipinski definition) is 9. The van der Waals surface area contributed by atoms with E-state index >= 15 is 0 Å². The lowest BCUT2D eigenvalue weighted by Crippen LogP contribution is -2.54. The maximum atomic E-state index is 14.0. The van der Waals surface area contributed by atoms with E-state index in [1.165, 1.54) is 27.1 Å². The van der Waals surface area contributed by atoms with E-state index in [9.17, 15) is 4.79 Å². The van der Waals surface area contributed by atoms with Gasteiger partial charge in [-0.15, -0.1) is 21.5 Å². The molecular weight excluding hydrogens is 691 g/mol. The number of aryl methyl sites for hydroxylation is 3. The lowest BCUT2D eigenvalue weighted by molar-refractivity contribution is -0.133. The third-order valence-electron chi connectivity index (χ3n) is 11.8. The Hall–Kier alpha value is -5.13. The minimum Gasteiger partial charge on any atom is -0.359 e. The number of carbonyl (C=O) groups is 1. The molecule has 10 nitrogen and oxygen atoms in total. The van der Waals surface area contributed by atoms with Crippen LogP contribution in [0, 0.1) is 27.7 Å². The lowest BCUT2D eigenvalue weighted by Gasteiger charge is -2.43. The molecule has 2 saturated heterocycles. The second-order valence-electron chi connectivity index (χ2n) is 15.3. The Morgan fingerprint density at radius 3 is 2.37 bits per heavy atom. The Kier molecular flexibility index (Phi) is 8.94. The van der Waals surface area contributed by atoms with Crippen LogP contribution in [0.25, 0.3) is 16.1 Å². The van der Waals surface area contributed by atoms with E-state index in [1.807, 2.05) is 13.1 Å². The third kappa shape index (κ3) is 6.32. The van der Waals surface area contributed by atoms with Crippen molar-refractivity contribution in [3.05, 3.63) is 117 Å². The number of rotatable bonds is 6. The van der Waals surface area contributed by atoms with E-state index in [0.29, 0.717) is 6.04 Å². The van der Waals surface area contributed by atoms with Crippen molar-refractivity contribution >= 4 is 34.5 Å². The number of allylic oxidation sites excluding steroid dienone is 1. The minimum atomic E-state index is -0.422. The first-order chi connectivity index (χ1) is 26.2. The number of nitrogens with zero attached hydrogens (tertiary/aromatic N) is 8. The number of amides is 1. The topological polar surface area (TPSA) is 94.8 Å². The number of pyridine rings is 1. The minimum absolute atomic E-state index is 0.136. The summed E-state index contributed by atoms with van der Waals surface area (Å²) in [5.74, 6) is 2.74. The number of carbonyl (C=O) groups excluding carboxylic acids is 1. The summed E-state index contributed by atoms with van der Waals surface area (Å²) in [4.78, 5) is 32.6. The summed E-state index contributed by atoms with van der Waals surface area (Å²) in [5, 5.41) is 13.5. The fourth-order valence-corrected chi connectivity index (χ4v) is 9.79. The van der Waals surface area contributed by atoms with Gasteiger partial charge in [0.15, 0.2) is 5.82 Å². The molecular formula is C43H47N9OS. The number of piperidine rings is 1. The van der Waals surface area contributed by atoms with Gasteiger partial charge in [-0.2, -0.15) is 0 Å². The third-order valence-corrected chi connectivity index (χ3v) is 13.0. The predicted molar refractivity (Wildman–Crippen MR) is 217 cm³/mol. The highest BCUT2D eigenvalue weighted by atomic mass is 32.1. The number of likely N-dealkylation sites (tertiary alicyclic amines) is 1. The van der Waals surface area contributed by atoms with E-state index in [2.05, 4.69) is 117 Å². The summed E-state index contributed by atoms with van der Waals surface area (Å²) in [5.41, 5.74) is 11.3. The number of aromatic nitrogens is 4. The highest BCUT2D eigenvalue weighted by Crippen LogP contribution is 2.40. The van der Waals surface area contributed by atoms with Gasteiger partial charge in [-0.05, 0) is 81.5 Å². The largest absolute Gasteiger partial charge is 0.359 e. The van der Waals surface area contributed by atoms with Crippen molar-refractivity contribution in [3.8, 4) is 16.1 Å². The van der Waals surface area contributed by atoms with Crippen LogP contribution in [-0.2, 0) is 11.2 Å². The zero-order valence-corrected chi connectivity index (χ0v) is 32.4. The molecule has 11 heteroatoms. The molecule has 3 aromatic heterocycles. The Labute approximate surface area is 321 Å². The van der Waals surface area contributed by atoms with Gasteiger partial charge >= 0.3 is 0 Å². The van der Waals surface area contributed by atoms with Crippen LogP contribution in [0.1, 0.15) is 69.6 Å². The Balaban J connectivity index is 0.836. The first-order valence-electron chi connectivity index (χ1n) is 19.2. The Morgan fingerprint density at radius 2 is 1.63 bits per heavy atom. The average molecular weight is 738 g/mol. The highest BCUT2D eigenvalue weighted by Gasteiger charge is 2.35. The molecule has 4 aliphatic rings. The summed E-state index contributed by atoms with van der Waals surface area (Å²) >= 11 is 1.75. The van der Waals surface area contributed by atoms with Crippen LogP contribution in [0.3, 0.4) is 0 Å². The van der Waals surface area contributed by atoms with Gasteiger partial charge in [0.2, 0.25) is 5.91 Å². The highest BCUT2D eigenvalue weighted by molar-refractivity contribution is 7.15. The SMILES string of the molecule is C=C1Cc2cc(-c3ccc(N4CCN(C5CCN(C(=O)CC6N=C(c7ccc(C)cc7)c7c(sc(C)c7C)-n7c(C)nnc76)CC5)CC4)nc3)ccc2N1. The van der Waals surface area contributed by atoms with Crippen LogP contribution in [-0.4, -0.2) is 86.5 Å². The summed E-state index contributed by atoms with van der Waals surface area (Å²) < 4.78 is 2.14. The van der Waals surface area contributed by atoms with E-state index in [0.717, 1.165) is 115 Å². The number of hydrogen-bond donors (Lipinski definition) is 1. The molecule has 276 valence electrons. The number of benzene rings is 2. The number of nitrogens with one attached hydrogen (secondary N) is 1. The predicted octanol–water partition coefficient (Wildman–Crippen LogP) is 7.20. The second-order valence-corrected chi connectivity index (χ2v) is 16.5. The van der Waals surface area contributed by atoms with Crippen LogP contribution < -0.4 is 10.2 Å². The number of thiophene rings is 1. The Morgan fingerprint density at radius 1 is 0.889 bits per heavy atom. The number of piperazine rings is 1. The van der Waals surface area contributed by atoms with Crippen molar-refractivity contribution in [2.45, 2.75) is 65.5 Å². The molecule has 2 aromatic carbocycles. The van der Waals surface area contributed by atoms with Crippen molar-refractivity contribution < 1.29 is 4.79 Å². The smallest absolute Gasteiger partial charge is 0.225 e. The number of anilines is 2. The molecule has 5 aromatic rings. The van der Waals surface area contributed by atoms with E-state index in [-0.39, 0.29) is 12.3 Å².